The first-order valence-electron chi connectivity index (χ1n) is 8.83. The van der Waals surface area contributed by atoms with Crippen LogP contribution in [0.25, 0.3) is 0 Å². The third kappa shape index (κ3) is 5.57. The van der Waals surface area contributed by atoms with Gasteiger partial charge in [-0.1, -0.05) is 12.1 Å². The predicted molar refractivity (Wildman–Crippen MR) is 107 cm³/mol. The zero-order chi connectivity index (χ0) is 18.2. The summed E-state index contributed by atoms with van der Waals surface area (Å²) in [6.07, 6.45) is 1.84. The van der Waals surface area contributed by atoms with Gasteiger partial charge in [-0.25, -0.2) is 0 Å². The number of rotatable bonds is 8. The third-order valence-electron chi connectivity index (χ3n) is 4.11. The van der Waals surface area contributed by atoms with Crippen LogP contribution in [0.1, 0.15) is 17.1 Å². The van der Waals surface area contributed by atoms with E-state index in [-0.39, 0.29) is 0 Å². The molecule has 0 saturated heterocycles. The van der Waals surface area contributed by atoms with Crippen molar-refractivity contribution in [3.05, 3.63) is 83.9 Å². The Hall–Kier alpha value is -2.92. The van der Waals surface area contributed by atoms with E-state index < -0.39 is 0 Å². The average Bonchev–Trinajstić information content (AvgIpc) is 2.64. The lowest BCUT2D eigenvalue weighted by atomic mass is 10.2. The second kappa shape index (κ2) is 8.97. The number of hydrogen-bond acceptors (Lipinski definition) is 5. The van der Waals surface area contributed by atoms with Crippen LogP contribution in [0.5, 0.6) is 0 Å². The monoisotopic (exact) mass is 347 g/mol. The molecule has 3 N–H and O–H groups in total. The van der Waals surface area contributed by atoms with Crippen LogP contribution in [0.4, 0.5) is 11.4 Å². The lowest BCUT2D eigenvalue weighted by Gasteiger charge is -2.22. The minimum Gasteiger partial charge on any atom is -0.399 e. The Balaban J connectivity index is 1.62. The second-order valence-electron chi connectivity index (χ2n) is 6.35. The largest absolute Gasteiger partial charge is 0.399 e. The predicted octanol–water partition coefficient (Wildman–Crippen LogP) is 3.48. The van der Waals surface area contributed by atoms with Crippen LogP contribution in [0.15, 0.2) is 66.9 Å². The van der Waals surface area contributed by atoms with Crippen molar-refractivity contribution in [1.29, 1.82) is 0 Å². The molecule has 0 saturated carbocycles. The highest BCUT2D eigenvalue weighted by Crippen LogP contribution is 2.11. The molecule has 0 unspecified atom stereocenters. The molecule has 0 fully saturated rings. The summed E-state index contributed by atoms with van der Waals surface area (Å²) in [7, 11) is 0. The molecule has 3 aromatic rings. The van der Waals surface area contributed by atoms with Crippen LogP contribution in [0.2, 0.25) is 0 Å². The first-order chi connectivity index (χ1) is 12.7. The van der Waals surface area contributed by atoms with E-state index in [1.807, 2.05) is 55.6 Å². The first-order valence-corrected chi connectivity index (χ1v) is 8.83. The van der Waals surface area contributed by atoms with Crippen molar-refractivity contribution >= 4 is 11.4 Å². The summed E-state index contributed by atoms with van der Waals surface area (Å²) in [5.41, 5.74) is 10.8. The molecule has 0 radical (unpaired) electrons. The van der Waals surface area contributed by atoms with Crippen molar-refractivity contribution in [2.45, 2.75) is 20.0 Å². The molecular formula is C21H25N5. The molecule has 2 aromatic heterocycles. The Morgan fingerprint density at radius 1 is 0.923 bits per heavy atom. The van der Waals surface area contributed by atoms with Crippen molar-refractivity contribution in [2.24, 2.45) is 0 Å². The van der Waals surface area contributed by atoms with Crippen molar-refractivity contribution in [2.75, 3.05) is 24.1 Å². The number of benzene rings is 1. The molecule has 1 aromatic carbocycles. The molecule has 134 valence electrons. The highest BCUT2D eigenvalue weighted by molar-refractivity contribution is 5.51. The lowest BCUT2D eigenvalue weighted by molar-refractivity contribution is 0.260. The van der Waals surface area contributed by atoms with E-state index in [1.54, 1.807) is 0 Å². The number of hydrogen-bond donors (Lipinski definition) is 2. The minimum absolute atomic E-state index is 0.776. The van der Waals surface area contributed by atoms with E-state index in [4.69, 9.17) is 5.73 Å². The molecule has 0 aliphatic carbocycles. The highest BCUT2D eigenvalue weighted by Gasteiger charge is 2.09. The van der Waals surface area contributed by atoms with E-state index in [1.165, 1.54) is 0 Å². The number of anilines is 2. The maximum absolute atomic E-state index is 5.74. The van der Waals surface area contributed by atoms with Crippen molar-refractivity contribution < 1.29 is 0 Å². The Labute approximate surface area is 154 Å². The maximum atomic E-state index is 5.74. The summed E-state index contributed by atoms with van der Waals surface area (Å²) in [6.45, 7) is 5.33. The van der Waals surface area contributed by atoms with E-state index in [9.17, 15) is 0 Å². The number of nitrogen functional groups attached to an aromatic ring is 1. The first kappa shape index (κ1) is 17.9. The van der Waals surface area contributed by atoms with Crippen LogP contribution in [0.3, 0.4) is 0 Å². The van der Waals surface area contributed by atoms with E-state index in [2.05, 4.69) is 38.4 Å². The van der Waals surface area contributed by atoms with Gasteiger partial charge in [0.05, 0.1) is 11.4 Å². The fourth-order valence-corrected chi connectivity index (χ4v) is 2.81. The molecule has 3 rings (SSSR count). The third-order valence-corrected chi connectivity index (χ3v) is 4.11. The highest BCUT2D eigenvalue weighted by atomic mass is 15.1. The van der Waals surface area contributed by atoms with Gasteiger partial charge in [-0.05, 0) is 55.5 Å². The summed E-state index contributed by atoms with van der Waals surface area (Å²) in [6, 6.07) is 20.0. The molecule has 26 heavy (non-hydrogen) atoms. The van der Waals surface area contributed by atoms with Gasteiger partial charge in [-0.15, -0.1) is 0 Å². The zero-order valence-corrected chi connectivity index (χ0v) is 15.1. The normalized spacial score (nSPS) is 10.8. The number of aromatic nitrogens is 2. The molecule has 0 aliphatic rings. The van der Waals surface area contributed by atoms with E-state index in [0.29, 0.717) is 0 Å². The molecule has 0 atom stereocenters. The van der Waals surface area contributed by atoms with Crippen molar-refractivity contribution in [1.82, 2.24) is 14.9 Å². The van der Waals surface area contributed by atoms with Gasteiger partial charge in [0, 0.05) is 49.4 Å². The topological polar surface area (TPSA) is 67.1 Å². The van der Waals surface area contributed by atoms with Crippen molar-refractivity contribution in [3.8, 4) is 0 Å². The fourth-order valence-electron chi connectivity index (χ4n) is 2.81. The van der Waals surface area contributed by atoms with Crippen LogP contribution >= 0.6 is 0 Å². The Bertz CT molecular complexity index is 802. The molecular weight excluding hydrogens is 322 g/mol. The number of aryl methyl sites for hydroxylation is 1. The van der Waals surface area contributed by atoms with Gasteiger partial charge in [0.2, 0.25) is 0 Å². The molecule has 2 heterocycles. The molecule has 0 bridgehead atoms. The van der Waals surface area contributed by atoms with Gasteiger partial charge >= 0.3 is 0 Å². The summed E-state index contributed by atoms with van der Waals surface area (Å²) < 4.78 is 0. The summed E-state index contributed by atoms with van der Waals surface area (Å²) >= 11 is 0. The molecule has 5 nitrogen and oxygen atoms in total. The van der Waals surface area contributed by atoms with E-state index >= 15 is 0 Å². The second-order valence-corrected chi connectivity index (χ2v) is 6.35. The molecule has 0 amide bonds. The Morgan fingerprint density at radius 2 is 1.69 bits per heavy atom. The number of nitrogens with two attached hydrogens (primary N) is 1. The van der Waals surface area contributed by atoms with E-state index in [0.717, 1.165) is 54.6 Å². The molecule has 0 aliphatic heterocycles. The number of nitrogens with zero attached hydrogens (tertiary/aromatic N) is 3. The Kier molecular flexibility index (Phi) is 6.17. The molecule has 5 heteroatoms. The van der Waals surface area contributed by atoms with Crippen LogP contribution in [-0.4, -0.2) is 28.0 Å². The summed E-state index contributed by atoms with van der Waals surface area (Å²) in [5.74, 6) is 0. The standard InChI is InChI=1S/C21H25N5/c1-17-5-4-7-21(25-17)16-26(15-20-6-2-3-12-23-20)14-13-24-19-10-8-18(22)9-11-19/h2-12,24H,13-16,22H2,1H3. The number of pyridine rings is 2. The van der Waals surface area contributed by atoms with Crippen LogP contribution < -0.4 is 11.1 Å². The summed E-state index contributed by atoms with van der Waals surface area (Å²) in [4.78, 5) is 11.4. The average molecular weight is 347 g/mol. The van der Waals surface area contributed by atoms with Crippen LogP contribution in [0, 0.1) is 6.92 Å². The van der Waals surface area contributed by atoms with Gasteiger partial charge in [0.15, 0.2) is 0 Å². The van der Waals surface area contributed by atoms with Crippen LogP contribution in [-0.2, 0) is 13.1 Å². The van der Waals surface area contributed by atoms with Gasteiger partial charge < -0.3 is 11.1 Å². The van der Waals surface area contributed by atoms with Gasteiger partial charge in [-0.3, -0.25) is 14.9 Å². The van der Waals surface area contributed by atoms with Gasteiger partial charge in [0.25, 0.3) is 0 Å². The quantitative estimate of drug-likeness (QED) is 0.611. The smallest absolute Gasteiger partial charge is 0.0547 e. The Morgan fingerprint density at radius 3 is 2.42 bits per heavy atom. The lowest BCUT2D eigenvalue weighted by Crippen LogP contribution is -2.29. The fraction of sp³-hybridized carbons (Fsp3) is 0.238. The number of nitrogens with one attached hydrogen (secondary N) is 1. The van der Waals surface area contributed by atoms with Gasteiger partial charge in [-0.2, -0.15) is 0 Å². The van der Waals surface area contributed by atoms with Crippen molar-refractivity contribution in [3.63, 3.8) is 0 Å². The molecule has 0 spiro atoms. The SMILES string of the molecule is Cc1cccc(CN(CCNc2ccc(N)cc2)Cc2ccccn2)n1. The summed E-state index contributed by atoms with van der Waals surface area (Å²) in [5, 5.41) is 3.45. The van der Waals surface area contributed by atoms with Gasteiger partial charge in [0.1, 0.15) is 0 Å². The minimum atomic E-state index is 0.776. The maximum Gasteiger partial charge on any atom is 0.0547 e. The zero-order valence-electron chi connectivity index (χ0n) is 15.1.